The molecule has 0 aliphatic carbocycles. The highest BCUT2D eigenvalue weighted by atomic mass is 32.2. The molecule has 27 heavy (non-hydrogen) atoms. The average molecular weight is 393 g/mol. The number of methoxy groups -OCH3 is 1. The second-order valence-electron chi connectivity index (χ2n) is 6.10. The molecule has 0 fully saturated rings. The summed E-state index contributed by atoms with van der Waals surface area (Å²) in [4.78, 5) is 12.1. The van der Waals surface area contributed by atoms with Gasteiger partial charge in [-0.25, -0.2) is 12.7 Å². The van der Waals surface area contributed by atoms with Crippen LogP contribution in [0.5, 0.6) is 11.5 Å². The number of carbonyl (C=O) groups is 1. The van der Waals surface area contributed by atoms with Gasteiger partial charge in [0.05, 0.1) is 12.0 Å². The van der Waals surface area contributed by atoms with E-state index in [9.17, 15) is 18.3 Å². The number of benzene rings is 2. The summed E-state index contributed by atoms with van der Waals surface area (Å²) in [5.74, 6) is -0.0256. The smallest absolute Gasteiger partial charge is 0.306 e. The minimum Gasteiger partial charge on any atom is -0.504 e. The number of carbonyl (C=O) groups excluding carboxylic acids is 1. The molecule has 2 aromatic carbocycles. The Bertz CT molecular complexity index is 908. The zero-order valence-electron chi connectivity index (χ0n) is 15.5. The number of hydrogen-bond acceptors (Lipinski definition) is 6. The monoisotopic (exact) mass is 393 g/mol. The highest BCUT2D eigenvalue weighted by Crippen LogP contribution is 2.26. The van der Waals surface area contributed by atoms with Crippen molar-refractivity contribution >= 4 is 16.0 Å². The predicted octanol–water partition coefficient (Wildman–Crippen LogP) is 2.33. The van der Waals surface area contributed by atoms with Gasteiger partial charge >= 0.3 is 5.97 Å². The van der Waals surface area contributed by atoms with Gasteiger partial charge in [-0.05, 0) is 41.8 Å². The molecule has 8 heteroatoms. The maximum Gasteiger partial charge on any atom is 0.306 e. The molecule has 0 unspecified atom stereocenters. The van der Waals surface area contributed by atoms with Crippen LogP contribution >= 0.6 is 0 Å². The summed E-state index contributed by atoms with van der Waals surface area (Å²) in [6.07, 6.45) is 0.549. The molecule has 0 bridgehead atoms. The van der Waals surface area contributed by atoms with Crippen LogP contribution in [0.1, 0.15) is 17.5 Å². The van der Waals surface area contributed by atoms with Crippen LogP contribution < -0.4 is 4.74 Å². The van der Waals surface area contributed by atoms with Crippen LogP contribution in [0.2, 0.25) is 0 Å². The van der Waals surface area contributed by atoms with Crippen LogP contribution in [-0.2, 0) is 32.6 Å². The van der Waals surface area contributed by atoms with Crippen LogP contribution in [-0.4, -0.2) is 45.0 Å². The van der Waals surface area contributed by atoms with Crippen molar-refractivity contribution < 1.29 is 27.8 Å². The zero-order valence-corrected chi connectivity index (χ0v) is 16.3. The molecule has 7 nitrogen and oxygen atoms in total. The van der Waals surface area contributed by atoms with E-state index in [1.165, 1.54) is 33.3 Å². The normalized spacial score (nSPS) is 11.4. The Morgan fingerprint density at radius 3 is 2.48 bits per heavy atom. The summed E-state index contributed by atoms with van der Waals surface area (Å²) < 4.78 is 35.6. The highest BCUT2D eigenvalue weighted by Gasteiger charge is 2.17. The Morgan fingerprint density at radius 1 is 1.11 bits per heavy atom. The summed E-state index contributed by atoms with van der Waals surface area (Å²) in [5.41, 5.74) is 1.37. The van der Waals surface area contributed by atoms with Crippen LogP contribution in [0, 0.1) is 0 Å². The van der Waals surface area contributed by atoms with Crippen molar-refractivity contribution in [2.24, 2.45) is 0 Å². The van der Waals surface area contributed by atoms with Crippen molar-refractivity contribution in [3.63, 3.8) is 0 Å². The number of aromatic hydroxyl groups is 1. The van der Waals surface area contributed by atoms with Crippen LogP contribution in [0.3, 0.4) is 0 Å². The van der Waals surface area contributed by atoms with E-state index in [1.54, 1.807) is 30.3 Å². The maximum absolute atomic E-state index is 12.1. The van der Waals surface area contributed by atoms with Gasteiger partial charge in [0.15, 0.2) is 11.5 Å². The topological polar surface area (TPSA) is 93.1 Å². The molecular formula is C19H23NO6S. The molecule has 0 spiro atoms. The number of sulfonamides is 1. The van der Waals surface area contributed by atoms with Gasteiger partial charge in [-0.2, -0.15) is 0 Å². The largest absolute Gasteiger partial charge is 0.504 e. The first-order valence-corrected chi connectivity index (χ1v) is 9.71. The van der Waals surface area contributed by atoms with E-state index in [1.807, 2.05) is 0 Å². The van der Waals surface area contributed by atoms with Crippen molar-refractivity contribution in [1.82, 2.24) is 4.31 Å². The lowest BCUT2D eigenvalue weighted by Gasteiger charge is -2.12. The zero-order chi connectivity index (χ0) is 20.0. The number of aryl methyl sites for hydroxylation is 1. The molecule has 1 N–H and O–H groups in total. The molecule has 2 rings (SSSR count). The van der Waals surface area contributed by atoms with Gasteiger partial charge in [0, 0.05) is 20.5 Å². The minimum absolute atomic E-state index is 0.0104. The third-order valence-electron chi connectivity index (χ3n) is 3.94. The Labute approximate surface area is 159 Å². The molecular weight excluding hydrogens is 370 g/mol. The van der Waals surface area contributed by atoms with Crippen LogP contribution in [0.4, 0.5) is 0 Å². The molecule has 0 saturated heterocycles. The van der Waals surface area contributed by atoms with Gasteiger partial charge in [0.1, 0.15) is 6.61 Å². The average Bonchev–Trinajstić information content (AvgIpc) is 2.65. The van der Waals surface area contributed by atoms with Gasteiger partial charge in [-0.1, -0.05) is 18.2 Å². The molecule has 0 saturated carbocycles. The Hall–Kier alpha value is -2.58. The van der Waals surface area contributed by atoms with E-state index in [-0.39, 0.29) is 23.7 Å². The summed E-state index contributed by atoms with van der Waals surface area (Å²) >= 11 is 0. The summed E-state index contributed by atoms with van der Waals surface area (Å²) in [7, 11) is 0.843. The maximum atomic E-state index is 12.1. The standard InChI is InChI=1S/C19H23NO6S/c1-20(2)27(23,24)16-6-4-5-15(11-16)13-26-19(22)10-8-14-7-9-18(25-3)17(21)12-14/h4-7,9,11-12,21H,8,10,13H2,1-3H3. The van der Waals surface area contributed by atoms with Crippen molar-refractivity contribution in [2.45, 2.75) is 24.3 Å². The SMILES string of the molecule is COc1ccc(CCC(=O)OCc2cccc(S(=O)(=O)N(C)C)c2)cc1O. The van der Waals surface area contributed by atoms with Gasteiger partial charge in [0.25, 0.3) is 0 Å². The quantitative estimate of drug-likeness (QED) is 0.692. The predicted molar refractivity (Wildman–Crippen MR) is 100 cm³/mol. The first-order valence-electron chi connectivity index (χ1n) is 8.27. The van der Waals surface area contributed by atoms with E-state index in [4.69, 9.17) is 9.47 Å². The minimum atomic E-state index is -3.54. The number of nitrogens with zero attached hydrogens (tertiary/aromatic N) is 1. The first-order chi connectivity index (χ1) is 12.7. The van der Waals surface area contributed by atoms with E-state index in [0.29, 0.717) is 17.7 Å². The van der Waals surface area contributed by atoms with Crippen molar-refractivity contribution in [2.75, 3.05) is 21.2 Å². The van der Waals surface area contributed by atoms with Gasteiger partial charge < -0.3 is 14.6 Å². The third kappa shape index (κ3) is 5.45. The lowest BCUT2D eigenvalue weighted by molar-refractivity contribution is -0.144. The van der Waals surface area contributed by atoms with Crippen molar-refractivity contribution in [3.05, 3.63) is 53.6 Å². The first kappa shape index (κ1) is 20.7. The Balaban J connectivity index is 1.91. The van der Waals surface area contributed by atoms with Crippen molar-refractivity contribution in [3.8, 4) is 11.5 Å². The van der Waals surface area contributed by atoms with Gasteiger partial charge in [-0.15, -0.1) is 0 Å². The fourth-order valence-corrected chi connectivity index (χ4v) is 3.35. The summed E-state index contributed by atoms with van der Waals surface area (Å²) in [6, 6.07) is 11.2. The lowest BCUT2D eigenvalue weighted by atomic mass is 10.1. The fraction of sp³-hybridized carbons (Fsp3) is 0.316. The lowest BCUT2D eigenvalue weighted by Crippen LogP contribution is -2.22. The molecule has 0 radical (unpaired) electrons. The number of phenols is 1. The van der Waals surface area contributed by atoms with Crippen LogP contribution in [0.15, 0.2) is 47.4 Å². The molecule has 0 amide bonds. The third-order valence-corrected chi connectivity index (χ3v) is 5.75. The molecule has 0 aliphatic heterocycles. The second kappa shape index (κ2) is 8.88. The number of phenolic OH excluding ortho intramolecular Hbond substituents is 1. The summed E-state index contributed by atoms with van der Waals surface area (Å²) in [5, 5.41) is 9.75. The summed E-state index contributed by atoms with van der Waals surface area (Å²) in [6.45, 7) is -0.0104. The highest BCUT2D eigenvalue weighted by molar-refractivity contribution is 7.89. The fourth-order valence-electron chi connectivity index (χ4n) is 2.38. The van der Waals surface area contributed by atoms with E-state index < -0.39 is 16.0 Å². The molecule has 0 atom stereocenters. The Kier molecular flexibility index (Phi) is 6.81. The molecule has 0 aliphatic rings. The van der Waals surface area contributed by atoms with E-state index in [0.717, 1.165) is 9.87 Å². The number of ether oxygens (including phenoxy) is 2. The van der Waals surface area contributed by atoms with E-state index >= 15 is 0 Å². The Morgan fingerprint density at radius 2 is 1.85 bits per heavy atom. The molecule has 2 aromatic rings. The molecule has 0 aromatic heterocycles. The van der Waals surface area contributed by atoms with E-state index in [2.05, 4.69) is 0 Å². The number of rotatable bonds is 8. The number of esters is 1. The van der Waals surface area contributed by atoms with Gasteiger partial charge in [0.2, 0.25) is 10.0 Å². The number of hydrogen-bond donors (Lipinski definition) is 1. The second-order valence-corrected chi connectivity index (χ2v) is 8.25. The van der Waals surface area contributed by atoms with Crippen molar-refractivity contribution in [1.29, 1.82) is 0 Å². The van der Waals surface area contributed by atoms with Gasteiger partial charge in [-0.3, -0.25) is 4.79 Å². The van der Waals surface area contributed by atoms with Crippen LogP contribution in [0.25, 0.3) is 0 Å². The molecule has 146 valence electrons. The molecule has 0 heterocycles.